The molecule has 0 aliphatic heterocycles. The lowest BCUT2D eigenvalue weighted by Gasteiger charge is -2.18. The number of imidazole rings is 1. The van der Waals surface area contributed by atoms with Crippen LogP contribution in [0.4, 0.5) is 3.89 Å². The summed E-state index contributed by atoms with van der Waals surface area (Å²) in [6.07, 6.45) is 1.28. The number of halogens is 1. The van der Waals surface area contributed by atoms with Crippen molar-refractivity contribution in [2.45, 2.75) is 27.3 Å². The van der Waals surface area contributed by atoms with Gasteiger partial charge >= 0.3 is 11.4 Å². The summed E-state index contributed by atoms with van der Waals surface area (Å²) in [4.78, 5) is 6.08. The highest BCUT2D eigenvalue weighted by Crippen LogP contribution is 2.11. The molecule has 0 saturated carbocycles. The maximum atomic E-state index is 12.7. The average Bonchev–Trinajstić information content (AvgIpc) is 2.56. The molecule has 0 spiro atoms. The third-order valence-electron chi connectivity index (χ3n) is 2.46. The fourth-order valence-electron chi connectivity index (χ4n) is 1.41. The second kappa shape index (κ2) is 5.37. The summed E-state index contributed by atoms with van der Waals surface area (Å²) < 4.78 is 24.6. The van der Waals surface area contributed by atoms with Gasteiger partial charge in [-0.25, -0.2) is 8.96 Å². The number of aryl methyl sites for hydroxylation is 1. The highest BCUT2D eigenvalue weighted by Gasteiger charge is 2.14. The minimum Gasteiger partial charge on any atom is -0.298 e. The zero-order valence-corrected chi connectivity index (χ0v) is 10.1. The highest BCUT2D eigenvalue weighted by molar-refractivity contribution is 7.78. The normalized spacial score (nSPS) is 13.4. The fourth-order valence-corrected chi connectivity index (χ4v) is 1.89. The standard InChI is InChI=1S/C9H16FN3OS/c1-4-12(5-2)6-9-8(3)11-7-13(9)15(10)14/h7H,4-6H2,1-3H3. The first kappa shape index (κ1) is 12.3. The fraction of sp³-hybridized carbons (Fsp3) is 0.667. The first-order chi connectivity index (χ1) is 7.10. The summed E-state index contributed by atoms with van der Waals surface area (Å²) in [6, 6.07) is 0. The molecule has 0 radical (unpaired) electrons. The molecule has 0 aliphatic carbocycles. The molecule has 1 aromatic heterocycles. The van der Waals surface area contributed by atoms with Crippen LogP contribution >= 0.6 is 0 Å². The molecule has 15 heavy (non-hydrogen) atoms. The molecule has 0 bridgehead atoms. The van der Waals surface area contributed by atoms with E-state index in [9.17, 15) is 8.09 Å². The minimum absolute atomic E-state index is 0.578. The van der Waals surface area contributed by atoms with Gasteiger partial charge in [-0.2, -0.15) is 4.21 Å². The smallest absolute Gasteiger partial charge is 0.298 e. The van der Waals surface area contributed by atoms with Crippen LogP contribution in [0.1, 0.15) is 25.2 Å². The van der Waals surface area contributed by atoms with Crippen molar-refractivity contribution in [2.75, 3.05) is 13.1 Å². The molecule has 0 saturated heterocycles. The van der Waals surface area contributed by atoms with E-state index in [-0.39, 0.29) is 0 Å². The Hall–Kier alpha value is -0.750. The lowest BCUT2D eigenvalue weighted by Crippen LogP contribution is -2.24. The molecular formula is C9H16FN3OS. The predicted octanol–water partition coefficient (Wildman–Crippen LogP) is 1.43. The Labute approximate surface area is 92.0 Å². The Bertz CT molecular complexity index is 349. The summed E-state index contributed by atoms with van der Waals surface area (Å²) in [5.74, 6) is 0. The van der Waals surface area contributed by atoms with Crippen LogP contribution in [0.3, 0.4) is 0 Å². The Morgan fingerprint density at radius 3 is 2.60 bits per heavy atom. The van der Waals surface area contributed by atoms with Crippen molar-refractivity contribution in [2.24, 2.45) is 0 Å². The molecule has 1 heterocycles. The molecular weight excluding hydrogens is 217 g/mol. The van der Waals surface area contributed by atoms with Crippen molar-refractivity contribution in [1.29, 1.82) is 0 Å². The molecule has 86 valence electrons. The molecule has 1 atom stereocenters. The summed E-state index contributed by atoms with van der Waals surface area (Å²) in [5, 5.41) is 0. The maximum Gasteiger partial charge on any atom is 0.309 e. The van der Waals surface area contributed by atoms with Gasteiger partial charge in [-0.3, -0.25) is 4.90 Å². The minimum atomic E-state index is -2.51. The molecule has 0 amide bonds. The largest absolute Gasteiger partial charge is 0.309 e. The van der Waals surface area contributed by atoms with E-state index in [1.165, 1.54) is 6.33 Å². The van der Waals surface area contributed by atoms with Crippen molar-refractivity contribution in [3.63, 3.8) is 0 Å². The monoisotopic (exact) mass is 233 g/mol. The van der Waals surface area contributed by atoms with Crippen LogP contribution in [-0.2, 0) is 17.9 Å². The van der Waals surface area contributed by atoms with Crippen LogP contribution in [0.5, 0.6) is 0 Å². The Morgan fingerprint density at radius 1 is 1.53 bits per heavy atom. The average molecular weight is 233 g/mol. The predicted molar refractivity (Wildman–Crippen MR) is 58.2 cm³/mol. The van der Waals surface area contributed by atoms with E-state index >= 15 is 0 Å². The van der Waals surface area contributed by atoms with Crippen molar-refractivity contribution in [3.8, 4) is 0 Å². The first-order valence-electron chi connectivity index (χ1n) is 4.93. The molecule has 6 heteroatoms. The molecule has 0 aliphatic rings. The zero-order valence-electron chi connectivity index (χ0n) is 9.23. The number of aromatic nitrogens is 2. The molecule has 1 unspecified atom stereocenters. The second-order valence-electron chi connectivity index (χ2n) is 3.27. The van der Waals surface area contributed by atoms with Gasteiger partial charge in [0.05, 0.1) is 11.4 Å². The topological polar surface area (TPSA) is 38.1 Å². The van der Waals surface area contributed by atoms with E-state index in [1.54, 1.807) is 6.92 Å². The summed E-state index contributed by atoms with van der Waals surface area (Å²) >= 11 is -2.51. The van der Waals surface area contributed by atoms with Gasteiger partial charge in [-0.05, 0) is 20.0 Å². The summed E-state index contributed by atoms with van der Waals surface area (Å²) in [6.45, 7) is 8.19. The molecule has 0 N–H and O–H groups in total. The Balaban J connectivity index is 2.91. The number of hydrogen-bond acceptors (Lipinski definition) is 3. The Kier molecular flexibility index (Phi) is 4.41. The van der Waals surface area contributed by atoms with E-state index in [2.05, 4.69) is 9.88 Å². The van der Waals surface area contributed by atoms with Crippen LogP contribution in [0.15, 0.2) is 6.33 Å². The Morgan fingerprint density at radius 2 is 2.13 bits per heavy atom. The van der Waals surface area contributed by atoms with Gasteiger partial charge in [0.1, 0.15) is 6.33 Å². The number of nitrogens with zero attached hydrogens (tertiary/aromatic N) is 3. The van der Waals surface area contributed by atoms with Crippen LogP contribution in [0.2, 0.25) is 0 Å². The lowest BCUT2D eigenvalue weighted by molar-refractivity contribution is 0.291. The van der Waals surface area contributed by atoms with Crippen molar-refractivity contribution >= 4 is 11.4 Å². The van der Waals surface area contributed by atoms with E-state index in [0.29, 0.717) is 12.2 Å². The third kappa shape index (κ3) is 2.85. The van der Waals surface area contributed by atoms with Gasteiger partial charge in [0.15, 0.2) is 0 Å². The van der Waals surface area contributed by atoms with Crippen LogP contribution in [0, 0.1) is 6.92 Å². The molecule has 1 aromatic rings. The number of hydrogen-bond donors (Lipinski definition) is 0. The van der Waals surface area contributed by atoms with Gasteiger partial charge < -0.3 is 0 Å². The molecule has 4 nitrogen and oxygen atoms in total. The molecule has 0 fully saturated rings. The van der Waals surface area contributed by atoms with Crippen molar-refractivity contribution in [3.05, 3.63) is 17.7 Å². The number of rotatable bonds is 5. The molecule has 0 aromatic carbocycles. The zero-order chi connectivity index (χ0) is 11.4. The van der Waals surface area contributed by atoms with E-state index in [0.717, 1.165) is 22.8 Å². The van der Waals surface area contributed by atoms with Gasteiger partial charge in [0.2, 0.25) is 0 Å². The second-order valence-corrected chi connectivity index (χ2v) is 4.08. The van der Waals surface area contributed by atoms with E-state index in [4.69, 9.17) is 0 Å². The summed E-state index contributed by atoms with van der Waals surface area (Å²) in [5.41, 5.74) is 1.41. The van der Waals surface area contributed by atoms with Crippen LogP contribution in [-0.4, -0.2) is 31.2 Å². The SMILES string of the molecule is CCN(CC)Cc1c(C)ncn1S(=O)F. The summed E-state index contributed by atoms with van der Waals surface area (Å²) in [7, 11) is 0. The van der Waals surface area contributed by atoms with Crippen molar-refractivity contribution in [1.82, 2.24) is 13.9 Å². The van der Waals surface area contributed by atoms with Gasteiger partial charge in [0.25, 0.3) is 0 Å². The van der Waals surface area contributed by atoms with Crippen molar-refractivity contribution < 1.29 is 8.09 Å². The van der Waals surface area contributed by atoms with E-state index < -0.39 is 11.4 Å². The van der Waals surface area contributed by atoms with Crippen LogP contribution < -0.4 is 0 Å². The van der Waals surface area contributed by atoms with E-state index in [1.807, 2.05) is 13.8 Å². The first-order valence-corrected chi connectivity index (χ1v) is 5.94. The third-order valence-corrected chi connectivity index (χ3v) is 3.09. The van der Waals surface area contributed by atoms with Gasteiger partial charge in [0, 0.05) is 6.54 Å². The van der Waals surface area contributed by atoms with Gasteiger partial charge in [-0.15, -0.1) is 3.89 Å². The highest BCUT2D eigenvalue weighted by atomic mass is 32.2. The van der Waals surface area contributed by atoms with Crippen LogP contribution in [0.25, 0.3) is 0 Å². The maximum absolute atomic E-state index is 12.7. The van der Waals surface area contributed by atoms with Gasteiger partial charge in [-0.1, -0.05) is 13.8 Å². The lowest BCUT2D eigenvalue weighted by atomic mass is 10.3. The quantitative estimate of drug-likeness (QED) is 0.722. The molecule has 1 rings (SSSR count).